The summed E-state index contributed by atoms with van der Waals surface area (Å²) in [5, 5.41) is 0. The first-order valence-corrected chi connectivity index (χ1v) is 8.60. The van der Waals surface area contributed by atoms with Crippen LogP contribution in [0.15, 0.2) is 42.0 Å². The number of fused-ring (bicyclic) bond motifs is 1. The van der Waals surface area contributed by atoms with Gasteiger partial charge in [-0.25, -0.2) is 0 Å². The quantitative estimate of drug-likeness (QED) is 0.800. The number of carbonyl (C=O) groups is 1. The molecule has 128 valence electrons. The summed E-state index contributed by atoms with van der Waals surface area (Å²) >= 11 is 0. The van der Waals surface area contributed by atoms with Gasteiger partial charge >= 0.3 is 0 Å². The summed E-state index contributed by atoms with van der Waals surface area (Å²) < 4.78 is 17.9. The van der Waals surface area contributed by atoms with Crippen LogP contribution in [0, 0.1) is 11.8 Å². The van der Waals surface area contributed by atoms with E-state index in [0.29, 0.717) is 19.4 Å². The van der Waals surface area contributed by atoms with Crippen LogP contribution >= 0.6 is 0 Å². The second kappa shape index (κ2) is 5.51. The highest BCUT2D eigenvalue weighted by molar-refractivity contribution is 5.88. The zero-order valence-corrected chi connectivity index (χ0v) is 14.5. The van der Waals surface area contributed by atoms with Crippen molar-refractivity contribution in [2.75, 3.05) is 20.8 Å². The molecule has 3 aliphatic rings. The Morgan fingerprint density at radius 1 is 1.12 bits per heavy atom. The van der Waals surface area contributed by atoms with Crippen LogP contribution < -0.4 is 0 Å². The Balaban J connectivity index is 1.94. The molecule has 4 rings (SSSR count). The highest BCUT2D eigenvalue weighted by Crippen LogP contribution is 2.59. The molecular weight excluding hydrogens is 304 g/mol. The minimum atomic E-state index is -1.13. The van der Waals surface area contributed by atoms with E-state index in [2.05, 4.69) is 37.3 Å². The Morgan fingerprint density at radius 3 is 2.54 bits per heavy atom. The molecule has 1 saturated heterocycles. The number of methoxy groups -OCH3 is 2. The lowest BCUT2D eigenvalue weighted by Crippen LogP contribution is -2.56. The molecule has 1 aromatic carbocycles. The molecule has 0 spiro atoms. The predicted molar refractivity (Wildman–Crippen MR) is 89.6 cm³/mol. The predicted octanol–water partition coefficient (Wildman–Crippen LogP) is 3.08. The van der Waals surface area contributed by atoms with Gasteiger partial charge in [0.2, 0.25) is 5.79 Å². The van der Waals surface area contributed by atoms with E-state index in [1.165, 1.54) is 5.56 Å². The summed E-state index contributed by atoms with van der Waals surface area (Å²) in [6, 6.07) is 10.5. The average molecular weight is 328 g/mol. The number of hydrogen-bond acceptors (Lipinski definition) is 4. The summed E-state index contributed by atoms with van der Waals surface area (Å²) in [5.74, 6) is -0.816. The molecule has 1 aliphatic heterocycles. The van der Waals surface area contributed by atoms with Crippen molar-refractivity contribution in [3.63, 3.8) is 0 Å². The average Bonchev–Trinajstić information content (AvgIpc) is 3.01. The van der Waals surface area contributed by atoms with Crippen LogP contribution in [-0.4, -0.2) is 38.0 Å². The maximum atomic E-state index is 12.9. The van der Waals surface area contributed by atoms with Crippen LogP contribution in [0.3, 0.4) is 0 Å². The van der Waals surface area contributed by atoms with Crippen molar-refractivity contribution in [2.45, 2.75) is 37.1 Å². The Labute approximate surface area is 142 Å². The fourth-order valence-corrected chi connectivity index (χ4v) is 5.28. The Kier molecular flexibility index (Phi) is 3.68. The van der Waals surface area contributed by atoms with Crippen LogP contribution in [0.1, 0.15) is 31.2 Å². The maximum Gasteiger partial charge on any atom is 0.235 e. The highest BCUT2D eigenvalue weighted by Gasteiger charge is 2.64. The molecule has 0 unspecified atom stereocenters. The van der Waals surface area contributed by atoms with E-state index in [4.69, 9.17) is 14.2 Å². The van der Waals surface area contributed by atoms with Crippen molar-refractivity contribution in [3.8, 4) is 0 Å². The van der Waals surface area contributed by atoms with Gasteiger partial charge in [0.25, 0.3) is 0 Å². The van der Waals surface area contributed by atoms with Gasteiger partial charge in [-0.05, 0) is 18.9 Å². The third kappa shape index (κ3) is 1.94. The largest absolute Gasteiger partial charge is 0.373 e. The maximum absolute atomic E-state index is 12.9. The molecule has 4 nitrogen and oxygen atoms in total. The van der Waals surface area contributed by atoms with Gasteiger partial charge in [0.05, 0.1) is 12.2 Å². The smallest absolute Gasteiger partial charge is 0.235 e. The summed E-state index contributed by atoms with van der Waals surface area (Å²) in [6.45, 7) is 2.59. The number of benzene rings is 1. The van der Waals surface area contributed by atoms with E-state index < -0.39 is 11.4 Å². The number of Topliss-reactive ketones (excluding diaryl/α,β-unsaturated/α-hetero) is 1. The zero-order chi connectivity index (χ0) is 16.9. The molecule has 0 N–H and O–H groups in total. The van der Waals surface area contributed by atoms with Gasteiger partial charge in [-0.3, -0.25) is 4.79 Å². The van der Waals surface area contributed by atoms with Gasteiger partial charge in [0.15, 0.2) is 5.78 Å². The van der Waals surface area contributed by atoms with Crippen molar-refractivity contribution < 1.29 is 19.0 Å². The van der Waals surface area contributed by atoms with Gasteiger partial charge in [-0.1, -0.05) is 42.0 Å². The number of ketones is 1. The van der Waals surface area contributed by atoms with E-state index >= 15 is 0 Å². The first-order chi connectivity index (χ1) is 11.6. The third-order valence-corrected chi connectivity index (χ3v) is 6.22. The first kappa shape index (κ1) is 16.0. The minimum Gasteiger partial charge on any atom is -0.373 e. The molecule has 1 heterocycles. The number of ether oxygens (including phenoxy) is 3. The molecule has 2 fully saturated rings. The lowest BCUT2D eigenvalue weighted by molar-refractivity contribution is -0.212. The minimum absolute atomic E-state index is 0.0397. The van der Waals surface area contributed by atoms with E-state index in [1.54, 1.807) is 14.2 Å². The number of carbonyl (C=O) groups excluding carboxylic acids is 1. The lowest BCUT2D eigenvalue weighted by atomic mass is 9.58. The standard InChI is InChI=1S/C20H24O4/c1-13-11-19(22-2)10-9-16(21)20(23-3)17(13)15(12-24-20)18(19)14-7-5-4-6-8-14/h4-8,11,15,17-18H,9-10,12H2,1-3H3/t15-,17-,18+,19-,20-/m0/s1. The number of rotatable bonds is 3. The molecule has 0 amide bonds. The molecule has 24 heavy (non-hydrogen) atoms. The van der Waals surface area contributed by atoms with Crippen molar-refractivity contribution in [2.24, 2.45) is 11.8 Å². The monoisotopic (exact) mass is 328 g/mol. The second-order valence-electron chi connectivity index (χ2n) is 7.18. The fourth-order valence-electron chi connectivity index (χ4n) is 5.28. The SMILES string of the molecule is CO[C@@]12OC[C@@H]3[C@@H](c4ccccc4)[C@@](OC)(C=C(C)[C@@H]31)CCC2=O. The Morgan fingerprint density at radius 2 is 1.88 bits per heavy atom. The fraction of sp³-hybridized carbons (Fsp3) is 0.550. The Bertz CT molecular complexity index is 682. The van der Waals surface area contributed by atoms with Gasteiger partial charge < -0.3 is 14.2 Å². The molecule has 4 bridgehead atoms. The van der Waals surface area contributed by atoms with Crippen LogP contribution in [0.2, 0.25) is 0 Å². The van der Waals surface area contributed by atoms with Crippen LogP contribution in [-0.2, 0) is 19.0 Å². The molecule has 0 aromatic heterocycles. The van der Waals surface area contributed by atoms with Crippen molar-refractivity contribution in [1.82, 2.24) is 0 Å². The zero-order valence-electron chi connectivity index (χ0n) is 14.5. The second-order valence-corrected chi connectivity index (χ2v) is 7.18. The molecule has 2 aliphatic carbocycles. The first-order valence-electron chi connectivity index (χ1n) is 8.60. The molecule has 1 aromatic rings. The Hall–Kier alpha value is -1.49. The molecule has 1 saturated carbocycles. The lowest BCUT2D eigenvalue weighted by Gasteiger charge is -2.50. The summed E-state index contributed by atoms with van der Waals surface area (Å²) in [5.41, 5.74) is 1.92. The van der Waals surface area contributed by atoms with Gasteiger partial charge in [0.1, 0.15) is 0 Å². The normalized spacial score (nSPS) is 41.0. The van der Waals surface area contributed by atoms with E-state index in [9.17, 15) is 4.79 Å². The van der Waals surface area contributed by atoms with Crippen LogP contribution in [0.5, 0.6) is 0 Å². The molecular formula is C20H24O4. The van der Waals surface area contributed by atoms with Crippen molar-refractivity contribution in [1.29, 1.82) is 0 Å². The van der Waals surface area contributed by atoms with Crippen molar-refractivity contribution >= 4 is 5.78 Å². The topological polar surface area (TPSA) is 44.8 Å². The number of hydrogen-bond donors (Lipinski definition) is 0. The van der Waals surface area contributed by atoms with E-state index in [-0.39, 0.29) is 23.5 Å². The van der Waals surface area contributed by atoms with Crippen LogP contribution in [0.4, 0.5) is 0 Å². The van der Waals surface area contributed by atoms with E-state index in [1.807, 2.05) is 6.07 Å². The summed E-state index contributed by atoms with van der Waals surface area (Å²) in [7, 11) is 3.34. The van der Waals surface area contributed by atoms with Crippen molar-refractivity contribution in [3.05, 3.63) is 47.5 Å². The van der Waals surface area contributed by atoms with Gasteiger partial charge in [-0.15, -0.1) is 0 Å². The van der Waals surface area contributed by atoms with Gasteiger partial charge in [0, 0.05) is 38.4 Å². The van der Waals surface area contributed by atoms with E-state index in [0.717, 1.165) is 5.57 Å². The molecule has 5 atom stereocenters. The highest BCUT2D eigenvalue weighted by atomic mass is 16.7. The van der Waals surface area contributed by atoms with Crippen LogP contribution in [0.25, 0.3) is 0 Å². The molecule has 0 radical (unpaired) electrons. The molecule has 4 heteroatoms. The third-order valence-electron chi connectivity index (χ3n) is 6.22. The summed E-state index contributed by atoms with van der Waals surface area (Å²) in [6.07, 6.45) is 3.27. The van der Waals surface area contributed by atoms with Gasteiger partial charge in [-0.2, -0.15) is 0 Å². The summed E-state index contributed by atoms with van der Waals surface area (Å²) in [4.78, 5) is 12.9.